The van der Waals surface area contributed by atoms with Crippen molar-refractivity contribution in [1.29, 1.82) is 0 Å². The third-order valence-corrected chi connectivity index (χ3v) is 12.3. The van der Waals surface area contributed by atoms with E-state index in [9.17, 15) is 24.3 Å². The van der Waals surface area contributed by atoms with Crippen LogP contribution in [0.4, 0.5) is 0 Å². The highest BCUT2D eigenvalue weighted by Gasteiger charge is 2.83. The molecule has 0 radical (unpaired) electrons. The van der Waals surface area contributed by atoms with Gasteiger partial charge in [0.15, 0.2) is 19.3 Å². The normalized spacial score (nSPS) is 48.5. The molecule has 0 aromatic carbocycles. The predicted molar refractivity (Wildman–Crippen MR) is 129 cm³/mol. The van der Waals surface area contributed by atoms with Crippen molar-refractivity contribution in [2.45, 2.75) is 88.9 Å². The van der Waals surface area contributed by atoms with Crippen LogP contribution in [0.1, 0.15) is 71.6 Å². The minimum absolute atomic E-state index is 0.361. The lowest BCUT2D eigenvalue weighted by Gasteiger charge is -2.74. The molecule has 12 atom stereocenters. The molecule has 0 heterocycles. The SMILES string of the molecule is CC1(OC(=O)COC(=O)CC(O)C(=O)OCC(=O)OC2(C)C3CC4CC5CC2C53C4)C2CC3CC(C2)C1C3. The van der Waals surface area contributed by atoms with E-state index >= 15 is 0 Å². The summed E-state index contributed by atoms with van der Waals surface area (Å²) in [7, 11) is 0. The van der Waals surface area contributed by atoms with Crippen LogP contribution in [-0.4, -0.2) is 59.5 Å². The molecule has 8 rings (SSSR count). The first kappa shape index (κ1) is 24.9. The van der Waals surface area contributed by atoms with Crippen molar-refractivity contribution in [3.05, 3.63) is 0 Å². The summed E-state index contributed by atoms with van der Waals surface area (Å²) in [5, 5.41) is 10.1. The van der Waals surface area contributed by atoms with Gasteiger partial charge < -0.3 is 24.1 Å². The fourth-order valence-corrected chi connectivity index (χ4v) is 11.1. The quantitative estimate of drug-likeness (QED) is 0.354. The highest BCUT2D eigenvalue weighted by Crippen LogP contribution is 2.84. The van der Waals surface area contributed by atoms with E-state index in [0.717, 1.165) is 49.9 Å². The van der Waals surface area contributed by atoms with Crippen molar-refractivity contribution in [3.8, 4) is 0 Å². The van der Waals surface area contributed by atoms with E-state index in [1.807, 2.05) is 13.8 Å². The number of hydrogen-bond donors (Lipinski definition) is 1. The summed E-state index contributed by atoms with van der Waals surface area (Å²) in [6, 6.07) is 0. The highest BCUT2D eigenvalue weighted by molar-refractivity contribution is 5.84. The Balaban J connectivity index is 0.825. The first-order chi connectivity index (χ1) is 18.0. The van der Waals surface area contributed by atoms with E-state index in [4.69, 9.17) is 18.9 Å². The first-order valence-electron chi connectivity index (χ1n) is 14.5. The zero-order valence-electron chi connectivity index (χ0n) is 22.2. The number of aliphatic hydroxyl groups is 1. The standard InChI is InChI=1S/C29H38O9/c1-27(17-4-14-3-16(8-17)19(27)6-14)37-24(32)12-35-23(31)10-20(30)26(34)36-13-25(33)38-28(2)21-7-15-5-18-9-22(28)29(18,21)11-15/h14-22,30H,3-13H2,1-2H3. The van der Waals surface area contributed by atoms with Gasteiger partial charge in [0.1, 0.15) is 11.2 Å². The van der Waals surface area contributed by atoms with Crippen LogP contribution >= 0.6 is 0 Å². The third-order valence-electron chi connectivity index (χ3n) is 12.3. The van der Waals surface area contributed by atoms with Gasteiger partial charge in [-0.25, -0.2) is 14.4 Å². The monoisotopic (exact) mass is 530 g/mol. The molecule has 208 valence electrons. The number of ether oxygens (including phenoxy) is 4. The maximum atomic E-state index is 12.5. The second-order valence-corrected chi connectivity index (χ2v) is 13.9. The van der Waals surface area contributed by atoms with E-state index in [-0.39, 0.29) is 0 Å². The number of hydrogen-bond acceptors (Lipinski definition) is 9. The summed E-state index contributed by atoms with van der Waals surface area (Å²) < 4.78 is 21.5. The molecule has 12 unspecified atom stereocenters. The Morgan fingerprint density at radius 1 is 0.763 bits per heavy atom. The van der Waals surface area contributed by atoms with Crippen LogP contribution in [0.25, 0.3) is 0 Å². The largest absolute Gasteiger partial charge is 0.456 e. The molecule has 8 aliphatic carbocycles. The van der Waals surface area contributed by atoms with Gasteiger partial charge in [-0.15, -0.1) is 0 Å². The number of carbonyl (C=O) groups is 4. The fraction of sp³-hybridized carbons (Fsp3) is 0.862. The summed E-state index contributed by atoms with van der Waals surface area (Å²) >= 11 is 0. The van der Waals surface area contributed by atoms with Gasteiger partial charge in [-0.3, -0.25) is 4.79 Å². The highest BCUT2D eigenvalue weighted by atomic mass is 16.6. The fourth-order valence-electron chi connectivity index (χ4n) is 11.1. The van der Waals surface area contributed by atoms with Gasteiger partial charge >= 0.3 is 23.9 Å². The number of esters is 4. The summed E-state index contributed by atoms with van der Waals surface area (Å²) in [4.78, 5) is 49.2. The number of fused-ring (bicyclic) bond motifs is 1. The minimum Gasteiger partial charge on any atom is -0.456 e. The molecule has 0 amide bonds. The van der Waals surface area contributed by atoms with Crippen molar-refractivity contribution in [1.82, 2.24) is 0 Å². The van der Waals surface area contributed by atoms with Crippen LogP contribution in [-0.2, 0) is 38.1 Å². The Labute approximate surface area is 222 Å². The lowest BCUT2D eigenvalue weighted by molar-refractivity contribution is -0.320. The van der Waals surface area contributed by atoms with Gasteiger partial charge in [-0.05, 0) is 100 Å². The topological polar surface area (TPSA) is 125 Å². The molecular weight excluding hydrogens is 492 g/mol. The zero-order valence-corrected chi connectivity index (χ0v) is 22.2. The molecule has 9 nitrogen and oxygen atoms in total. The van der Waals surface area contributed by atoms with Gasteiger partial charge in [0.2, 0.25) is 0 Å². The van der Waals surface area contributed by atoms with Crippen LogP contribution in [0, 0.1) is 52.8 Å². The van der Waals surface area contributed by atoms with Crippen molar-refractivity contribution in [3.63, 3.8) is 0 Å². The Hall–Kier alpha value is -2.16. The molecule has 0 aromatic rings. The Bertz CT molecular complexity index is 1080. The van der Waals surface area contributed by atoms with Gasteiger partial charge in [-0.2, -0.15) is 0 Å². The van der Waals surface area contributed by atoms with Crippen LogP contribution in [0.15, 0.2) is 0 Å². The van der Waals surface area contributed by atoms with Crippen LogP contribution < -0.4 is 0 Å². The number of rotatable bonds is 9. The van der Waals surface area contributed by atoms with Gasteiger partial charge in [-0.1, -0.05) is 0 Å². The lowest BCUT2D eigenvalue weighted by atomic mass is 9.32. The molecule has 8 fully saturated rings. The van der Waals surface area contributed by atoms with Gasteiger partial charge in [0.05, 0.1) is 6.42 Å². The molecule has 8 saturated carbocycles. The molecule has 9 heteroatoms. The Morgan fingerprint density at radius 2 is 1.45 bits per heavy atom. The summed E-state index contributed by atoms with van der Waals surface area (Å²) in [5.41, 5.74) is -0.623. The Morgan fingerprint density at radius 3 is 2.18 bits per heavy atom. The molecule has 1 N–H and O–H groups in total. The zero-order chi connectivity index (χ0) is 26.6. The van der Waals surface area contributed by atoms with Crippen molar-refractivity contribution in [2.24, 2.45) is 52.8 Å². The van der Waals surface area contributed by atoms with E-state index in [2.05, 4.69) is 0 Å². The van der Waals surface area contributed by atoms with E-state index < -0.39 is 60.8 Å². The molecule has 0 aliphatic heterocycles. The van der Waals surface area contributed by atoms with Crippen LogP contribution in [0.3, 0.4) is 0 Å². The van der Waals surface area contributed by atoms with Crippen molar-refractivity contribution in [2.75, 3.05) is 13.2 Å². The molecule has 1 spiro atoms. The molecule has 8 aliphatic rings. The second kappa shape index (κ2) is 8.18. The molecule has 0 saturated heterocycles. The van der Waals surface area contributed by atoms with Crippen molar-refractivity contribution >= 4 is 23.9 Å². The van der Waals surface area contributed by atoms with Crippen LogP contribution in [0.5, 0.6) is 0 Å². The van der Waals surface area contributed by atoms with E-state index in [1.165, 1.54) is 19.3 Å². The van der Waals surface area contributed by atoms with Crippen LogP contribution in [0.2, 0.25) is 0 Å². The number of aliphatic hydroxyl groups excluding tert-OH is 1. The maximum absolute atomic E-state index is 12.5. The Kier molecular flexibility index (Phi) is 5.35. The predicted octanol–water partition coefficient (Wildman–Crippen LogP) is 2.56. The molecule has 38 heavy (non-hydrogen) atoms. The second-order valence-electron chi connectivity index (χ2n) is 13.9. The summed E-state index contributed by atoms with van der Waals surface area (Å²) in [6.45, 7) is 2.82. The average molecular weight is 531 g/mol. The molecule has 0 aromatic heterocycles. The van der Waals surface area contributed by atoms with Gasteiger partial charge in [0.25, 0.3) is 0 Å². The molecule has 6 bridgehead atoms. The summed E-state index contributed by atoms with van der Waals surface area (Å²) in [6.07, 6.45) is 6.79. The average Bonchev–Trinajstić information content (AvgIpc) is 3.53. The van der Waals surface area contributed by atoms with Crippen molar-refractivity contribution < 1.29 is 43.2 Å². The first-order valence-corrected chi connectivity index (χ1v) is 14.5. The van der Waals surface area contributed by atoms with Gasteiger partial charge in [0, 0.05) is 17.8 Å². The molecular formula is C29H38O9. The maximum Gasteiger partial charge on any atom is 0.344 e. The van der Waals surface area contributed by atoms with E-state index in [1.54, 1.807) is 0 Å². The minimum atomic E-state index is -1.80. The van der Waals surface area contributed by atoms with E-state index in [0.29, 0.717) is 35.0 Å². The lowest BCUT2D eigenvalue weighted by Crippen LogP contribution is -2.76. The summed E-state index contributed by atoms with van der Waals surface area (Å²) in [5.74, 6) is 1.15. The number of carbonyl (C=O) groups excluding carboxylic acids is 4. The smallest absolute Gasteiger partial charge is 0.344 e. The third kappa shape index (κ3) is 3.32.